The van der Waals surface area contributed by atoms with Crippen molar-refractivity contribution in [1.29, 1.82) is 0 Å². The van der Waals surface area contributed by atoms with Crippen LogP contribution in [0.15, 0.2) is 12.1 Å². The van der Waals surface area contributed by atoms with E-state index in [0.717, 1.165) is 0 Å². The molecule has 21 heavy (non-hydrogen) atoms. The van der Waals surface area contributed by atoms with Gasteiger partial charge in [0, 0.05) is 5.56 Å². The Morgan fingerprint density at radius 2 is 1.81 bits per heavy atom. The molecule has 0 spiro atoms. The van der Waals surface area contributed by atoms with Gasteiger partial charge in [0.2, 0.25) is 11.9 Å². The Labute approximate surface area is 122 Å². The lowest BCUT2D eigenvalue weighted by molar-refractivity contribution is -0.153. The van der Waals surface area contributed by atoms with Gasteiger partial charge < -0.3 is 24.1 Å². The van der Waals surface area contributed by atoms with Gasteiger partial charge in [0.05, 0.1) is 27.9 Å². The summed E-state index contributed by atoms with van der Waals surface area (Å²) in [6, 6.07) is 2.88. The van der Waals surface area contributed by atoms with Gasteiger partial charge in [-0.3, -0.25) is 0 Å². The first-order valence-electron chi connectivity index (χ1n) is 6.29. The number of carbonyl (C=O) groups is 1. The van der Waals surface area contributed by atoms with Gasteiger partial charge in [0.15, 0.2) is 11.5 Å². The molecule has 7 heteroatoms. The van der Waals surface area contributed by atoms with Crippen LogP contribution in [0.4, 0.5) is 4.39 Å². The highest BCUT2D eigenvalue weighted by Crippen LogP contribution is 2.43. The standard InChI is InChI=1S/C14H19FO6/c1-5-21-14(17)10(15)11(16)8-6-7-9(18-2)13(20-4)12(8)19-3/h6-7,10-11,16H,5H2,1-4H3. The summed E-state index contributed by atoms with van der Waals surface area (Å²) in [5, 5.41) is 10.0. The van der Waals surface area contributed by atoms with Crippen LogP contribution in [-0.4, -0.2) is 45.2 Å². The Balaban J connectivity index is 3.20. The molecular weight excluding hydrogens is 283 g/mol. The normalized spacial score (nSPS) is 13.2. The molecule has 0 aliphatic heterocycles. The fourth-order valence-corrected chi connectivity index (χ4v) is 1.87. The number of methoxy groups -OCH3 is 3. The van der Waals surface area contributed by atoms with E-state index in [1.54, 1.807) is 6.92 Å². The van der Waals surface area contributed by atoms with Crippen LogP contribution in [0.2, 0.25) is 0 Å². The third kappa shape index (κ3) is 3.55. The number of ether oxygens (including phenoxy) is 4. The van der Waals surface area contributed by atoms with Crippen molar-refractivity contribution in [3.05, 3.63) is 17.7 Å². The highest BCUT2D eigenvalue weighted by Gasteiger charge is 2.32. The summed E-state index contributed by atoms with van der Waals surface area (Å²) in [4.78, 5) is 11.4. The Bertz CT molecular complexity index is 491. The fraction of sp³-hybridized carbons (Fsp3) is 0.500. The van der Waals surface area contributed by atoms with Crippen molar-refractivity contribution in [3.8, 4) is 17.2 Å². The molecule has 118 valence electrons. The van der Waals surface area contributed by atoms with E-state index in [4.69, 9.17) is 14.2 Å². The number of hydrogen-bond acceptors (Lipinski definition) is 6. The van der Waals surface area contributed by atoms with Crippen LogP contribution in [0.3, 0.4) is 0 Å². The summed E-state index contributed by atoms with van der Waals surface area (Å²) in [5.41, 5.74) is 0.0655. The van der Waals surface area contributed by atoms with E-state index < -0.39 is 18.2 Å². The van der Waals surface area contributed by atoms with Crippen molar-refractivity contribution in [2.75, 3.05) is 27.9 Å². The smallest absolute Gasteiger partial charge is 0.343 e. The van der Waals surface area contributed by atoms with E-state index in [2.05, 4.69) is 4.74 Å². The molecule has 1 aromatic carbocycles. The number of carbonyl (C=O) groups excluding carboxylic acids is 1. The maximum Gasteiger partial charge on any atom is 0.343 e. The molecule has 1 rings (SSSR count). The summed E-state index contributed by atoms with van der Waals surface area (Å²) in [5.74, 6) is -0.484. The van der Waals surface area contributed by atoms with Crippen LogP contribution in [0.5, 0.6) is 17.2 Å². The Morgan fingerprint density at radius 3 is 2.29 bits per heavy atom. The topological polar surface area (TPSA) is 74.2 Å². The van der Waals surface area contributed by atoms with E-state index in [-0.39, 0.29) is 23.7 Å². The zero-order valence-corrected chi connectivity index (χ0v) is 12.4. The van der Waals surface area contributed by atoms with Crippen molar-refractivity contribution < 1.29 is 33.2 Å². The first-order chi connectivity index (χ1) is 10.0. The first kappa shape index (κ1) is 17.0. The lowest BCUT2D eigenvalue weighted by atomic mass is 10.0. The van der Waals surface area contributed by atoms with Crippen LogP contribution in [0.1, 0.15) is 18.6 Å². The SMILES string of the molecule is CCOC(=O)C(F)C(O)c1ccc(OC)c(OC)c1OC. The summed E-state index contributed by atoms with van der Waals surface area (Å²) >= 11 is 0. The Kier molecular flexibility index (Phi) is 6.23. The van der Waals surface area contributed by atoms with E-state index in [1.165, 1.54) is 33.5 Å². The van der Waals surface area contributed by atoms with Gasteiger partial charge in [-0.1, -0.05) is 0 Å². The molecule has 6 nitrogen and oxygen atoms in total. The van der Waals surface area contributed by atoms with Crippen molar-refractivity contribution in [3.63, 3.8) is 0 Å². The van der Waals surface area contributed by atoms with E-state index in [0.29, 0.717) is 5.75 Å². The van der Waals surface area contributed by atoms with Crippen LogP contribution in [0, 0.1) is 0 Å². The maximum absolute atomic E-state index is 13.9. The molecule has 0 aliphatic rings. The molecule has 0 aromatic heterocycles. The quantitative estimate of drug-likeness (QED) is 0.772. The number of esters is 1. The number of aliphatic hydroxyl groups is 1. The van der Waals surface area contributed by atoms with Gasteiger partial charge in [-0.2, -0.15) is 0 Å². The minimum absolute atomic E-state index is 0.0229. The number of benzene rings is 1. The minimum Gasteiger partial charge on any atom is -0.493 e. The summed E-state index contributed by atoms with van der Waals surface area (Å²) < 4.78 is 33.9. The molecule has 1 aromatic rings. The van der Waals surface area contributed by atoms with Gasteiger partial charge in [-0.25, -0.2) is 9.18 Å². The van der Waals surface area contributed by atoms with Gasteiger partial charge in [-0.15, -0.1) is 0 Å². The molecule has 0 fully saturated rings. The number of alkyl halides is 1. The molecule has 0 radical (unpaired) electrons. The van der Waals surface area contributed by atoms with Crippen LogP contribution < -0.4 is 14.2 Å². The second kappa shape index (κ2) is 7.68. The lowest BCUT2D eigenvalue weighted by Crippen LogP contribution is -2.26. The van der Waals surface area contributed by atoms with Gasteiger partial charge in [-0.05, 0) is 19.1 Å². The fourth-order valence-electron chi connectivity index (χ4n) is 1.87. The molecule has 0 saturated carbocycles. The van der Waals surface area contributed by atoms with Crippen LogP contribution in [0.25, 0.3) is 0 Å². The highest BCUT2D eigenvalue weighted by atomic mass is 19.1. The first-order valence-corrected chi connectivity index (χ1v) is 6.29. The molecule has 2 atom stereocenters. The van der Waals surface area contributed by atoms with E-state index >= 15 is 0 Å². The third-order valence-electron chi connectivity index (χ3n) is 2.84. The molecule has 2 unspecified atom stereocenters. The molecule has 0 bridgehead atoms. The molecule has 0 saturated heterocycles. The predicted octanol–water partition coefficient (Wildman–Crippen LogP) is 1.65. The zero-order valence-electron chi connectivity index (χ0n) is 12.4. The maximum atomic E-state index is 13.9. The minimum atomic E-state index is -2.23. The van der Waals surface area contributed by atoms with Gasteiger partial charge in [0.25, 0.3) is 0 Å². The van der Waals surface area contributed by atoms with Crippen LogP contribution in [-0.2, 0) is 9.53 Å². The molecule has 0 heterocycles. The van der Waals surface area contributed by atoms with Crippen LogP contribution >= 0.6 is 0 Å². The molecular formula is C14H19FO6. The van der Waals surface area contributed by atoms with Crippen molar-refractivity contribution in [1.82, 2.24) is 0 Å². The van der Waals surface area contributed by atoms with E-state index in [9.17, 15) is 14.3 Å². The molecule has 1 N–H and O–H groups in total. The third-order valence-corrected chi connectivity index (χ3v) is 2.84. The largest absolute Gasteiger partial charge is 0.493 e. The average molecular weight is 302 g/mol. The highest BCUT2D eigenvalue weighted by molar-refractivity contribution is 5.76. The number of halogens is 1. The van der Waals surface area contributed by atoms with Crippen molar-refractivity contribution in [2.24, 2.45) is 0 Å². The van der Waals surface area contributed by atoms with Gasteiger partial charge in [0.1, 0.15) is 6.10 Å². The van der Waals surface area contributed by atoms with Gasteiger partial charge >= 0.3 is 5.97 Å². The second-order valence-corrected chi connectivity index (χ2v) is 4.02. The van der Waals surface area contributed by atoms with E-state index in [1.807, 2.05) is 0 Å². The summed E-state index contributed by atoms with van der Waals surface area (Å²) in [6.07, 6.45) is -3.96. The molecule has 0 amide bonds. The predicted molar refractivity (Wildman–Crippen MR) is 72.6 cm³/mol. The number of aliphatic hydroxyl groups excluding tert-OH is 1. The molecule has 0 aliphatic carbocycles. The second-order valence-electron chi connectivity index (χ2n) is 4.02. The number of rotatable bonds is 7. The number of hydrogen-bond donors (Lipinski definition) is 1. The zero-order chi connectivity index (χ0) is 16.0. The summed E-state index contributed by atoms with van der Waals surface area (Å²) in [6.45, 7) is 1.57. The Hall–Kier alpha value is -2.02. The average Bonchev–Trinajstić information content (AvgIpc) is 2.51. The monoisotopic (exact) mass is 302 g/mol. The van der Waals surface area contributed by atoms with Crippen molar-refractivity contribution in [2.45, 2.75) is 19.2 Å². The van der Waals surface area contributed by atoms with Crippen molar-refractivity contribution >= 4 is 5.97 Å². The lowest BCUT2D eigenvalue weighted by Gasteiger charge is -2.20. The Morgan fingerprint density at radius 1 is 1.19 bits per heavy atom. The summed E-state index contributed by atoms with van der Waals surface area (Å²) in [7, 11) is 4.16.